The summed E-state index contributed by atoms with van der Waals surface area (Å²) >= 11 is 0. The van der Waals surface area contributed by atoms with Gasteiger partial charge in [0.15, 0.2) is 5.69 Å². The zero-order valence-corrected chi connectivity index (χ0v) is 15.1. The number of carbonyl (C=O) groups is 3. The molecule has 2 aliphatic heterocycles. The number of oxazole rings is 1. The molecule has 2 aliphatic rings. The maximum Gasteiger partial charge on any atom is 0.276 e. The average molecular weight is 384 g/mol. The number of morpholine rings is 1. The summed E-state index contributed by atoms with van der Waals surface area (Å²) in [5, 5.41) is 4.90. The number of anilines is 1. The van der Waals surface area contributed by atoms with Gasteiger partial charge in [0, 0.05) is 25.1 Å². The number of nitrogens with zero attached hydrogens (tertiary/aromatic N) is 2. The Hall–Kier alpha value is -3.20. The number of carbonyl (C=O) groups excluding carboxylic acids is 3. The standard InChI is InChI=1S/C19H20N4O5/c24-14-7-6-13(16(25)21-14)20-17(26)15-19(23-8-10-27-11-9-23)28-18(22-15)12-4-2-1-3-5-12/h1-5,13H,6-11H2,(H,20,26)(H,21,24,25). The molecule has 3 heterocycles. The van der Waals surface area contributed by atoms with E-state index < -0.39 is 17.9 Å². The van der Waals surface area contributed by atoms with Gasteiger partial charge in [-0.25, -0.2) is 4.98 Å². The number of amides is 3. The highest BCUT2D eigenvalue weighted by Gasteiger charge is 2.32. The summed E-state index contributed by atoms with van der Waals surface area (Å²) in [6.07, 6.45) is 0.438. The second-order valence-corrected chi connectivity index (χ2v) is 6.62. The van der Waals surface area contributed by atoms with Crippen molar-refractivity contribution in [1.82, 2.24) is 15.6 Å². The zero-order valence-electron chi connectivity index (χ0n) is 15.1. The van der Waals surface area contributed by atoms with Crippen LogP contribution in [-0.4, -0.2) is 55.1 Å². The second-order valence-electron chi connectivity index (χ2n) is 6.62. The molecule has 146 valence electrons. The summed E-state index contributed by atoms with van der Waals surface area (Å²) in [7, 11) is 0. The Bertz CT molecular complexity index is 889. The van der Waals surface area contributed by atoms with Gasteiger partial charge in [-0.2, -0.15) is 0 Å². The Morgan fingerprint density at radius 3 is 2.64 bits per heavy atom. The smallest absolute Gasteiger partial charge is 0.276 e. The van der Waals surface area contributed by atoms with Gasteiger partial charge in [0.2, 0.25) is 23.6 Å². The fourth-order valence-corrected chi connectivity index (χ4v) is 3.20. The van der Waals surface area contributed by atoms with Crippen molar-refractivity contribution in [2.75, 3.05) is 31.2 Å². The summed E-state index contributed by atoms with van der Waals surface area (Å²) in [4.78, 5) is 42.5. The molecule has 0 saturated carbocycles. The van der Waals surface area contributed by atoms with Crippen LogP contribution in [0.25, 0.3) is 11.5 Å². The molecule has 2 fully saturated rings. The molecule has 4 rings (SSSR count). The first-order chi connectivity index (χ1) is 13.6. The molecule has 9 nitrogen and oxygen atoms in total. The van der Waals surface area contributed by atoms with Crippen molar-refractivity contribution < 1.29 is 23.5 Å². The lowest BCUT2D eigenvalue weighted by Gasteiger charge is -2.27. The van der Waals surface area contributed by atoms with Crippen LogP contribution in [0.3, 0.4) is 0 Å². The third-order valence-electron chi connectivity index (χ3n) is 4.69. The number of aromatic nitrogens is 1. The Balaban J connectivity index is 1.62. The molecule has 1 unspecified atom stereocenters. The molecule has 2 aromatic rings. The van der Waals surface area contributed by atoms with Gasteiger partial charge in [-0.3, -0.25) is 19.7 Å². The molecule has 2 saturated heterocycles. The van der Waals surface area contributed by atoms with Crippen LogP contribution >= 0.6 is 0 Å². The SMILES string of the molecule is O=C1CCC(NC(=O)c2nc(-c3ccccc3)oc2N2CCOCC2)C(=O)N1. The van der Waals surface area contributed by atoms with Crippen LogP contribution in [0.4, 0.5) is 5.88 Å². The van der Waals surface area contributed by atoms with Crippen molar-refractivity contribution in [2.24, 2.45) is 0 Å². The molecule has 0 aliphatic carbocycles. The molecule has 1 aromatic carbocycles. The van der Waals surface area contributed by atoms with Crippen LogP contribution in [-0.2, 0) is 14.3 Å². The lowest BCUT2D eigenvalue weighted by molar-refractivity contribution is -0.134. The van der Waals surface area contributed by atoms with Crippen LogP contribution in [0, 0.1) is 0 Å². The van der Waals surface area contributed by atoms with Crippen molar-refractivity contribution in [3.8, 4) is 11.5 Å². The lowest BCUT2D eigenvalue weighted by Crippen LogP contribution is -2.52. The first-order valence-electron chi connectivity index (χ1n) is 9.15. The van der Waals surface area contributed by atoms with E-state index in [-0.39, 0.29) is 24.4 Å². The number of benzene rings is 1. The van der Waals surface area contributed by atoms with E-state index in [0.29, 0.717) is 38.1 Å². The van der Waals surface area contributed by atoms with Gasteiger partial charge in [0.1, 0.15) is 6.04 Å². The van der Waals surface area contributed by atoms with Crippen LogP contribution in [0.1, 0.15) is 23.3 Å². The normalized spacial score (nSPS) is 20.0. The number of hydrogen-bond donors (Lipinski definition) is 2. The summed E-state index contributed by atoms with van der Waals surface area (Å²) in [6.45, 7) is 2.19. The van der Waals surface area contributed by atoms with E-state index in [1.165, 1.54) is 0 Å². The number of piperidine rings is 1. The topological polar surface area (TPSA) is 114 Å². The second kappa shape index (κ2) is 7.81. The Morgan fingerprint density at radius 1 is 1.18 bits per heavy atom. The minimum Gasteiger partial charge on any atom is -0.420 e. The molecule has 0 bridgehead atoms. The largest absolute Gasteiger partial charge is 0.420 e. The summed E-state index contributed by atoms with van der Waals surface area (Å²) < 4.78 is 11.3. The third-order valence-corrected chi connectivity index (χ3v) is 4.69. The molecular formula is C19H20N4O5. The van der Waals surface area contributed by atoms with Crippen molar-refractivity contribution in [1.29, 1.82) is 0 Å². The van der Waals surface area contributed by atoms with E-state index in [1.54, 1.807) is 0 Å². The van der Waals surface area contributed by atoms with Crippen molar-refractivity contribution in [3.05, 3.63) is 36.0 Å². The highest BCUT2D eigenvalue weighted by molar-refractivity contribution is 6.04. The number of rotatable bonds is 4. The predicted octanol–water partition coefficient (Wildman–Crippen LogP) is 0.713. The van der Waals surface area contributed by atoms with E-state index >= 15 is 0 Å². The van der Waals surface area contributed by atoms with Crippen LogP contribution in [0.5, 0.6) is 0 Å². The minimum atomic E-state index is -0.778. The highest BCUT2D eigenvalue weighted by atomic mass is 16.5. The summed E-state index contributed by atoms with van der Waals surface area (Å²) in [5.41, 5.74) is 0.863. The summed E-state index contributed by atoms with van der Waals surface area (Å²) in [5.74, 6) is -0.675. The third kappa shape index (κ3) is 3.74. The van der Waals surface area contributed by atoms with E-state index in [0.717, 1.165) is 5.56 Å². The van der Waals surface area contributed by atoms with Gasteiger partial charge in [-0.15, -0.1) is 0 Å². The van der Waals surface area contributed by atoms with Crippen molar-refractivity contribution >= 4 is 23.6 Å². The van der Waals surface area contributed by atoms with Crippen molar-refractivity contribution in [2.45, 2.75) is 18.9 Å². The van der Waals surface area contributed by atoms with Gasteiger partial charge < -0.3 is 19.4 Å². The van der Waals surface area contributed by atoms with Gasteiger partial charge in [-0.05, 0) is 18.6 Å². The Morgan fingerprint density at radius 2 is 1.93 bits per heavy atom. The number of imide groups is 1. The van der Waals surface area contributed by atoms with Crippen LogP contribution in [0.2, 0.25) is 0 Å². The predicted molar refractivity (Wildman–Crippen MR) is 98.6 cm³/mol. The van der Waals surface area contributed by atoms with E-state index in [9.17, 15) is 14.4 Å². The van der Waals surface area contributed by atoms with E-state index in [2.05, 4.69) is 15.6 Å². The van der Waals surface area contributed by atoms with Crippen LogP contribution < -0.4 is 15.5 Å². The Kier molecular flexibility index (Phi) is 5.07. The first kappa shape index (κ1) is 18.2. The number of hydrogen-bond acceptors (Lipinski definition) is 7. The molecule has 0 radical (unpaired) electrons. The molecule has 0 spiro atoms. The maximum atomic E-state index is 12.9. The Labute approximate surface area is 161 Å². The fraction of sp³-hybridized carbons (Fsp3) is 0.368. The molecular weight excluding hydrogens is 364 g/mol. The quantitative estimate of drug-likeness (QED) is 0.747. The van der Waals surface area contributed by atoms with Gasteiger partial charge >= 0.3 is 0 Å². The number of ether oxygens (including phenoxy) is 1. The molecule has 2 N–H and O–H groups in total. The van der Waals surface area contributed by atoms with Crippen molar-refractivity contribution in [3.63, 3.8) is 0 Å². The number of nitrogens with one attached hydrogen (secondary N) is 2. The highest BCUT2D eigenvalue weighted by Crippen LogP contribution is 2.29. The molecule has 1 atom stereocenters. The van der Waals surface area contributed by atoms with E-state index in [1.807, 2.05) is 35.2 Å². The van der Waals surface area contributed by atoms with Gasteiger partial charge in [-0.1, -0.05) is 18.2 Å². The van der Waals surface area contributed by atoms with E-state index in [4.69, 9.17) is 9.15 Å². The maximum absolute atomic E-state index is 12.9. The first-order valence-corrected chi connectivity index (χ1v) is 9.15. The lowest BCUT2D eigenvalue weighted by atomic mass is 10.1. The van der Waals surface area contributed by atoms with Crippen LogP contribution in [0.15, 0.2) is 34.7 Å². The molecule has 28 heavy (non-hydrogen) atoms. The molecule has 9 heteroatoms. The minimum absolute atomic E-state index is 0.116. The monoisotopic (exact) mass is 384 g/mol. The zero-order chi connectivity index (χ0) is 19.5. The van der Waals surface area contributed by atoms with Gasteiger partial charge in [0.05, 0.1) is 13.2 Å². The summed E-state index contributed by atoms with van der Waals surface area (Å²) in [6, 6.07) is 8.51. The van der Waals surface area contributed by atoms with Gasteiger partial charge in [0.25, 0.3) is 5.91 Å². The average Bonchev–Trinajstić information content (AvgIpc) is 3.17. The molecule has 3 amide bonds. The molecule has 1 aromatic heterocycles. The fourth-order valence-electron chi connectivity index (χ4n) is 3.20.